The number of ether oxygens (including phenoxy) is 1. The molecule has 0 bridgehead atoms. The fraction of sp³-hybridized carbons (Fsp3) is 0.111. The molecule has 2 aromatic heterocycles. The molecule has 16 heavy (non-hydrogen) atoms. The molecule has 2 aromatic rings. The summed E-state index contributed by atoms with van der Waals surface area (Å²) in [5, 5.41) is 14.7. The first kappa shape index (κ1) is 8.84. The van der Waals surface area contributed by atoms with Crippen LogP contribution in [0.2, 0.25) is 0 Å². The highest BCUT2D eigenvalue weighted by molar-refractivity contribution is 5.77. The van der Waals surface area contributed by atoms with Gasteiger partial charge in [0.05, 0.1) is 6.08 Å². The van der Waals surface area contributed by atoms with Gasteiger partial charge in [-0.25, -0.2) is 4.52 Å². The number of hydrogen-bond acceptors (Lipinski definition) is 5. The van der Waals surface area contributed by atoms with Crippen molar-refractivity contribution in [1.82, 2.24) is 14.6 Å². The van der Waals surface area contributed by atoms with E-state index in [2.05, 4.69) is 10.1 Å². The van der Waals surface area contributed by atoms with Gasteiger partial charge in [0.1, 0.15) is 16.8 Å². The number of rotatable bonds is 1. The molecule has 0 aliphatic carbocycles. The van der Waals surface area contributed by atoms with Gasteiger partial charge in [-0.15, -0.1) is 0 Å². The second-order valence-corrected chi connectivity index (χ2v) is 3.41. The maximum absolute atomic E-state index is 10.7. The van der Waals surface area contributed by atoms with Gasteiger partial charge >= 0.3 is 5.88 Å². The summed E-state index contributed by atoms with van der Waals surface area (Å²) in [6.07, 6.45) is 2.68. The molecule has 3 rings (SSSR count). The molecule has 7 heteroatoms. The highest BCUT2D eigenvalue weighted by atomic mass is 16.7. The van der Waals surface area contributed by atoms with E-state index in [1.165, 1.54) is 12.4 Å². The molecular formula is C9H6N4O3. The molecule has 0 amide bonds. The zero-order chi connectivity index (χ0) is 11.3. The van der Waals surface area contributed by atoms with Crippen LogP contribution in [0.25, 0.3) is 11.6 Å². The Morgan fingerprint density at radius 3 is 3.12 bits per heavy atom. The Morgan fingerprint density at radius 2 is 2.38 bits per heavy atom. The molecule has 0 saturated carbocycles. The van der Waals surface area contributed by atoms with Gasteiger partial charge in [0, 0.05) is 11.3 Å². The summed E-state index contributed by atoms with van der Waals surface area (Å²) in [6.45, 7) is 1.86. The highest BCUT2D eigenvalue weighted by Gasteiger charge is 2.25. The van der Waals surface area contributed by atoms with Crippen LogP contribution in [0.1, 0.15) is 11.3 Å². The highest BCUT2D eigenvalue weighted by Crippen LogP contribution is 2.30. The average Bonchev–Trinajstić information content (AvgIpc) is 2.58. The van der Waals surface area contributed by atoms with Crippen LogP contribution in [-0.4, -0.2) is 19.5 Å². The maximum Gasteiger partial charge on any atom is 0.435 e. The van der Waals surface area contributed by atoms with E-state index < -0.39 is 4.92 Å². The minimum atomic E-state index is -0.579. The topological polar surface area (TPSA) is 82.6 Å². The Kier molecular flexibility index (Phi) is 1.54. The van der Waals surface area contributed by atoms with E-state index in [1.807, 2.05) is 6.92 Å². The lowest BCUT2D eigenvalue weighted by Gasteiger charge is -2.08. The molecular weight excluding hydrogens is 212 g/mol. The largest absolute Gasteiger partial charge is 0.435 e. The van der Waals surface area contributed by atoms with E-state index >= 15 is 0 Å². The third-order valence-electron chi connectivity index (χ3n) is 2.39. The summed E-state index contributed by atoms with van der Waals surface area (Å²) >= 11 is 0. The predicted molar refractivity (Wildman–Crippen MR) is 53.3 cm³/mol. The Labute approximate surface area is 89.1 Å². The SMILES string of the molecule is Cc1cc2c3c(ncnn13)OC([N+](=O)[O-])=C2. The minimum absolute atomic E-state index is 0.215. The van der Waals surface area contributed by atoms with Crippen LogP contribution in [0.15, 0.2) is 18.3 Å². The smallest absolute Gasteiger partial charge is 0.380 e. The minimum Gasteiger partial charge on any atom is -0.380 e. The van der Waals surface area contributed by atoms with Crippen molar-refractivity contribution < 1.29 is 9.66 Å². The molecule has 0 N–H and O–H groups in total. The molecule has 0 fully saturated rings. The summed E-state index contributed by atoms with van der Waals surface area (Å²) < 4.78 is 6.71. The van der Waals surface area contributed by atoms with Crippen LogP contribution in [0.5, 0.6) is 5.88 Å². The fourth-order valence-electron chi connectivity index (χ4n) is 1.74. The molecule has 1 aliphatic heterocycles. The first-order valence-corrected chi connectivity index (χ1v) is 4.54. The summed E-state index contributed by atoms with van der Waals surface area (Å²) in [6, 6.07) is 1.81. The average molecular weight is 218 g/mol. The molecule has 7 nitrogen and oxygen atoms in total. The standard InChI is InChI=1S/C9H6N4O3/c1-5-2-6-3-7(13(14)15)16-9-8(6)12(5)11-4-10-9/h2-4H,1H3. The van der Waals surface area contributed by atoms with Crippen molar-refractivity contribution in [3.8, 4) is 5.88 Å². The first-order valence-electron chi connectivity index (χ1n) is 4.54. The Balaban J connectivity index is 2.36. The molecule has 0 spiro atoms. The third-order valence-corrected chi connectivity index (χ3v) is 2.39. The number of aryl methyl sites for hydroxylation is 1. The van der Waals surface area contributed by atoms with Crippen molar-refractivity contribution >= 4 is 11.6 Å². The first-order chi connectivity index (χ1) is 7.66. The fourth-order valence-corrected chi connectivity index (χ4v) is 1.74. The van der Waals surface area contributed by atoms with E-state index in [9.17, 15) is 10.1 Å². The Bertz CT molecular complexity index is 643. The Morgan fingerprint density at radius 1 is 1.56 bits per heavy atom. The number of nitro groups is 1. The zero-order valence-corrected chi connectivity index (χ0v) is 8.25. The van der Waals surface area contributed by atoms with Crippen LogP contribution in [-0.2, 0) is 0 Å². The lowest BCUT2D eigenvalue weighted by atomic mass is 10.2. The molecule has 0 aromatic carbocycles. The van der Waals surface area contributed by atoms with E-state index in [-0.39, 0.29) is 11.8 Å². The number of aromatic nitrogens is 3. The van der Waals surface area contributed by atoms with Crippen molar-refractivity contribution in [2.24, 2.45) is 0 Å². The summed E-state index contributed by atoms with van der Waals surface area (Å²) in [4.78, 5) is 14.0. The lowest BCUT2D eigenvalue weighted by Crippen LogP contribution is -2.11. The van der Waals surface area contributed by atoms with Crippen LogP contribution < -0.4 is 4.74 Å². The molecule has 80 valence electrons. The lowest BCUT2D eigenvalue weighted by molar-refractivity contribution is -0.452. The molecule has 3 heterocycles. The molecule has 1 aliphatic rings. The zero-order valence-electron chi connectivity index (χ0n) is 8.25. The van der Waals surface area contributed by atoms with Crippen LogP contribution in [0, 0.1) is 17.0 Å². The maximum atomic E-state index is 10.7. The van der Waals surface area contributed by atoms with Crippen LogP contribution in [0.3, 0.4) is 0 Å². The van der Waals surface area contributed by atoms with E-state index in [1.54, 1.807) is 10.6 Å². The van der Waals surface area contributed by atoms with Gasteiger partial charge in [-0.1, -0.05) is 0 Å². The van der Waals surface area contributed by atoms with Gasteiger partial charge in [0.2, 0.25) is 0 Å². The van der Waals surface area contributed by atoms with Gasteiger partial charge < -0.3 is 4.74 Å². The van der Waals surface area contributed by atoms with Crippen molar-refractivity contribution in [3.63, 3.8) is 0 Å². The van der Waals surface area contributed by atoms with Gasteiger partial charge in [-0.05, 0) is 13.0 Å². The van der Waals surface area contributed by atoms with Gasteiger partial charge in [-0.2, -0.15) is 10.1 Å². The monoisotopic (exact) mass is 218 g/mol. The quantitative estimate of drug-likeness (QED) is 0.526. The normalized spacial score (nSPS) is 13.4. The molecule has 0 saturated heterocycles. The van der Waals surface area contributed by atoms with Crippen LogP contribution in [0.4, 0.5) is 0 Å². The van der Waals surface area contributed by atoms with E-state index in [0.29, 0.717) is 11.1 Å². The molecule has 0 atom stereocenters. The van der Waals surface area contributed by atoms with Crippen molar-refractivity contribution in [1.29, 1.82) is 0 Å². The van der Waals surface area contributed by atoms with Gasteiger partial charge in [-0.3, -0.25) is 10.1 Å². The second kappa shape index (κ2) is 2.78. The van der Waals surface area contributed by atoms with Crippen molar-refractivity contribution in [2.75, 3.05) is 0 Å². The van der Waals surface area contributed by atoms with Crippen molar-refractivity contribution in [3.05, 3.63) is 39.6 Å². The molecule has 0 radical (unpaired) electrons. The van der Waals surface area contributed by atoms with E-state index in [0.717, 1.165) is 5.69 Å². The Hall–Kier alpha value is -2.44. The summed E-state index contributed by atoms with van der Waals surface area (Å²) in [5.74, 6) is -0.106. The predicted octanol–water partition coefficient (Wildman–Crippen LogP) is 1.01. The second-order valence-electron chi connectivity index (χ2n) is 3.41. The van der Waals surface area contributed by atoms with Gasteiger partial charge in [0.25, 0.3) is 5.88 Å². The summed E-state index contributed by atoms with van der Waals surface area (Å²) in [5.41, 5.74) is 2.23. The van der Waals surface area contributed by atoms with E-state index in [4.69, 9.17) is 4.74 Å². The molecule has 0 unspecified atom stereocenters. The van der Waals surface area contributed by atoms with Crippen molar-refractivity contribution in [2.45, 2.75) is 6.92 Å². The summed E-state index contributed by atoms with van der Waals surface area (Å²) in [7, 11) is 0. The third kappa shape index (κ3) is 1.02. The van der Waals surface area contributed by atoms with Gasteiger partial charge in [0.15, 0.2) is 0 Å². The van der Waals surface area contributed by atoms with Crippen LogP contribution >= 0.6 is 0 Å². The number of hydrogen-bond donors (Lipinski definition) is 0. The number of nitrogens with zero attached hydrogens (tertiary/aromatic N) is 4.